The topological polar surface area (TPSA) is 0 Å². The third kappa shape index (κ3) is 17.8. The van der Waals surface area contributed by atoms with Crippen LogP contribution in [0.15, 0.2) is 0 Å². The molecule has 0 aliphatic rings. The van der Waals surface area contributed by atoms with Gasteiger partial charge in [-0.2, -0.15) is 0 Å². The van der Waals surface area contributed by atoms with E-state index in [9.17, 15) is 0 Å². The van der Waals surface area contributed by atoms with Gasteiger partial charge in [-0.25, -0.2) is 0 Å². The molecular formula is C11H32. The molecule has 0 radical (unpaired) electrons. The summed E-state index contributed by atoms with van der Waals surface area (Å²) < 4.78 is 0. The Morgan fingerprint density at radius 1 is 0.818 bits per heavy atom. The average molecular weight is 164 g/mol. The molecule has 0 saturated heterocycles. The summed E-state index contributed by atoms with van der Waals surface area (Å²) in [5, 5.41) is 0. The molecule has 0 saturated carbocycles. The summed E-state index contributed by atoms with van der Waals surface area (Å²) in [6.07, 6.45) is 1.32. The summed E-state index contributed by atoms with van der Waals surface area (Å²) >= 11 is 0. The first-order chi connectivity index (χ1) is 3.18. The highest BCUT2D eigenvalue weighted by atomic mass is 14.1. The van der Waals surface area contributed by atoms with Crippen molar-refractivity contribution in [3.8, 4) is 0 Å². The molecule has 0 heterocycles. The quantitative estimate of drug-likeness (QED) is 0.524. The molecule has 0 spiro atoms. The minimum absolute atomic E-state index is 0. The van der Waals surface area contributed by atoms with Crippen LogP contribution in [0.5, 0.6) is 0 Å². The molecule has 0 aromatic heterocycles. The Bertz CT molecular complexity index is 37.3. The lowest BCUT2D eigenvalue weighted by molar-refractivity contribution is 0.407. The van der Waals surface area contributed by atoms with E-state index in [0.29, 0.717) is 0 Å². The zero-order chi connectivity index (χ0) is 5.86. The van der Waals surface area contributed by atoms with Crippen molar-refractivity contribution < 1.29 is 0 Å². The summed E-state index contributed by atoms with van der Waals surface area (Å²) in [5.74, 6) is 1.77. The van der Waals surface area contributed by atoms with Gasteiger partial charge >= 0.3 is 0 Å². The lowest BCUT2D eigenvalue weighted by Gasteiger charge is -2.10. The van der Waals surface area contributed by atoms with Crippen LogP contribution in [-0.2, 0) is 0 Å². The summed E-state index contributed by atoms with van der Waals surface area (Å²) in [6, 6.07) is 0. The summed E-state index contributed by atoms with van der Waals surface area (Å²) in [7, 11) is 0. The van der Waals surface area contributed by atoms with Gasteiger partial charge in [0.2, 0.25) is 0 Å². The molecule has 76 valence electrons. The van der Waals surface area contributed by atoms with Gasteiger partial charge in [-0.1, -0.05) is 63.8 Å². The molecule has 1 atom stereocenters. The zero-order valence-electron chi connectivity index (χ0n) is 5.86. The van der Waals surface area contributed by atoms with Crippen LogP contribution < -0.4 is 0 Å². The van der Waals surface area contributed by atoms with Crippen molar-refractivity contribution in [3.05, 3.63) is 0 Å². The second-order valence-electron chi connectivity index (χ2n) is 2.63. The normalized spacial score (nSPS) is 9.55. The van der Waals surface area contributed by atoms with Crippen LogP contribution in [0.1, 0.15) is 63.8 Å². The van der Waals surface area contributed by atoms with Crippen molar-refractivity contribution in [2.75, 3.05) is 0 Å². The molecule has 0 aromatic carbocycles. The van der Waals surface area contributed by atoms with E-state index in [1.54, 1.807) is 0 Å². The first-order valence-corrected chi connectivity index (χ1v) is 3.18. The second kappa shape index (κ2) is 16.5. The van der Waals surface area contributed by atoms with E-state index in [-0.39, 0.29) is 29.7 Å². The van der Waals surface area contributed by atoms with Crippen LogP contribution in [0.25, 0.3) is 0 Å². The molecule has 11 heavy (non-hydrogen) atoms. The molecule has 0 nitrogen and oxygen atoms in total. The number of rotatable bonds is 2. The van der Waals surface area contributed by atoms with Crippen molar-refractivity contribution in [2.45, 2.75) is 63.8 Å². The molecule has 0 bridgehead atoms. The third-order valence-corrected chi connectivity index (χ3v) is 1.78. The molecule has 0 aliphatic heterocycles. The van der Waals surface area contributed by atoms with Gasteiger partial charge in [0.15, 0.2) is 0 Å². The molecule has 0 N–H and O–H groups in total. The Labute approximate surface area is 76.4 Å². The van der Waals surface area contributed by atoms with Gasteiger partial charge in [-0.15, -0.1) is 0 Å². The minimum Gasteiger partial charge on any atom is -0.0776 e. The van der Waals surface area contributed by atoms with E-state index in [4.69, 9.17) is 0 Å². The Hall–Kier alpha value is 0. The van der Waals surface area contributed by atoms with Gasteiger partial charge in [-0.05, 0) is 11.8 Å². The van der Waals surface area contributed by atoms with Crippen molar-refractivity contribution in [2.24, 2.45) is 11.8 Å². The minimum atomic E-state index is 0. The Balaban J connectivity index is -0.0000000300. The SMILES string of the molecule is C.C.C.C.CCC(C)C(C)C. The predicted molar refractivity (Wildman–Crippen MR) is 61.2 cm³/mol. The van der Waals surface area contributed by atoms with Gasteiger partial charge in [0.25, 0.3) is 0 Å². The zero-order valence-corrected chi connectivity index (χ0v) is 5.86. The highest BCUT2D eigenvalue weighted by Crippen LogP contribution is 2.11. The first-order valence-electron chi connectivity index (χ1n) is 3.18. The maximum absolute atomic E-state index is 2.30. The molecule has 0 fully saturated rings. The highest BCUT2D eigenvalue weighted by Gasteiger charge is 2.01. The van der Waals surface area contributed by atoms with Crippen LogP contribution in [0.2, 0.25) is 0 Å². The Morgan fingerprint density at radius 3 is 1.09 bits per heavy atom. The Kier molecular flexibility index (Phi) is 45.9. The largest absolute Gasteiger partial charge is 0.0776 e. The van der Waals surface area contributed by atoms with E-state index < -0.39 is 0 Å². The van der Waals surface area contributed by atoms with E-state index in [2.05, 4.69) is 27.7 Å². The van der Waals surface area contributed by atoms with Crippen molar-refractivity contribution >= 4 is 0 Å². The number of hydrogen-bond donors (Lipinski definition) is 0. The smallest absolute Gasteiger partial charge is 0.0422 e. The van der Waals surface area contributed by atoms with Gasteiger partial charge in [-0.3, -0.25) is 0 Å². The first kappa shape index (κ1) is 30.6. The number of hydrogen-bond acceptors (Lipinski definition) is 0. The van der Waals surface area contributed by atoms with Gasteiger partial charge < -0.3 is 0 Å². The van der Waals surface area contributed by atoms with Crippen molar-refractivity contribution in [1.82, 2.24) is 0 Å². The summed E-state index contributed by atoms with van der Waals surface area (Å²) in [6.45, 7) is 9.08. The monoisotopic (exact) mass is 164 g/mol. The maximum Gasteiger partial charge on any atom is -0.0422 e. The average Bonchev–Trinajstić information content (AvgIpc) is 1.65. The van der Waals surface area contributed by atoms with Gasteiger partial charge in [0.1, 0.15) is 0 Å². The molecule has 1 unspecified atom stereocenters. The molecule has 0 aliphatic carbocycles. The van der Waals surface area contributed by atoms with E-state index in [1.807, 2.05) is 0 Å². The predicted octanol–water partition coefficient (Wildman–Crippen LogP) is 5.23. The maximum atomic E-state index is 2.30. The van der Waals surface area contributed by atoms with Crippen molar-refractivity contribution in [1.29, 1.82) is 0 Å². The molecule has 0 amide bonds. The Morgan fingerprint density at radius 2 is 1.09 bits per heavy atom. The second-order valence-corrected chi connectivity index (χ2v) is 2.63. The fourth-order valence-electron chi connectivity index (χ4n) is 0.471. The molecule has 0 heteroatoms. The highest BCUT2D eigenvalue weighted by molar-refractivity contribution is 4.52. The summed E-state index contributed by atoms with van der Waals surface area (Å²) in [4.78, 5) is 0. The van der Waals surface area contributed by atoms with Crippen LogP contribution in [0.4, 0.5) is 0 Å². The third-order valence-electron chi connectivity index (χ3n) is 1.78. The van der Waals surface area contributed by atoms with Gasteiger partial charge in [0.05, 0.1) is 0 Å². The van der Waals surface area contributed by atoms with E-state index in [0.717, 1.165) is 11.8 Å². The summed E-state index contributed by atoms with van der Waals surface area (Å²) in [5.41, 5.74) is 0. The van der Waals surface area contributed by atoms with Gasteiger partial charge in [0, 0.05) is 0 Å². The molecule has 0 rings (SSSR count). The standard InChI is InChI=1S/C7H16.4CH4/c1-5-7(4)6(2)3;;;;/h6-7H,5H2,1-4H3;4*1H4. The molecule has 0 aromatic rings. The lowest BCUT2D eigenvalue weighted by Crippen LogP contribution is -2.00. The van der Waals surface area contributed by atoms with Crippen LogP contribution in [0.3, 0.4) is 0 Å². The van der Waals surface area contributed by atoms with Crippen molar-refractivity contribution in [3.63, 3.8) is 0 Å². The van der Waals surface area contributed by atoms with Crippen LogP contribution in [0, 0.1) is 11.8 Å². The fraction of sp³-hybridized carbons (Fsp3) is 1.00. The van der Waals surface area contributed by atoms with Crippen LogP contribution >= 0.6 is 0 Å². The fourth-order valence-corrected chi connectivity index (χ4v) is 0.471. The van der Waals surface area contributed by atoms with Crippen LogP contribution in [-0.4, -0.2) is 0 Å². The molecular weight excluding hydrogens is 132 g/mol. The van der Waals surface area contributed by atoms with E-state index >= 15 is 0 Å². The lowest BCUT2D eigenvalue weighted by atomic mass is 9.96. The van der Waals surface area contributed by atoms with E-state index in [1.165, 1.54) is 6.42 Å².